The maximum absolute atomic E-state index is 2.35. The molecule has 0 aliphatic heterocycles. The molecule has 0 aromatic heterocycles. The van der Waals surface area contributed by atoms with Gasteiger partial charge in [0.15, 0.2) is 0 Å². The molecule has 0 radical (unpaired) electrons. The van der Waals surface area contributed by atoms with E-state index >= 15 is 0 Å². The lowest BCUT2D eigenvalue weighted by Crippen LogP contribution is -1.97. The van der Waals surface area contributed by atoms with Crippen molar-refractivity contribution in [1.29, 1.82) is 0 Å². The SMILES string of the molecule is CC1=Cc2c(ccc3c2C=CCC3)C1. The molecule has 0 saturated heterocycles. The first-order valence-corrected chi connectivity index (χ1v) is 5.33. The highest BCUT2D eigenvalue weighted by Crippen LogP contribution is 2.32. The minimum Gasteiger partial charge on any atom is -0.0836 e. The molecule has 70 valence electrons. The monoisotopic (exact) mass is 182 g/mol. The molecule has 2 aliphatic rings. The van der Waals surface area contributed by atoms with Crippen molar-refractivity contribution < 1.29 is 0 Å². The van der Waals surface area contributed by atoms with Gasteiger partial charge >= 0.3 is 0 Å². The van der Waals surface area contributed by atoms with E-state index in [0.29, 0.717) is 0 Å². The Hall–Kier alpha value is -1.30. The quantitative estimate of drug-likeness (QED) is 0.575. The summed E-state index contributed by atoms with van der Waals surface area (Å²) in [5, 5.41) is 0. The molecule has 2 aliphatic carbocycles. The second-order valence-electron chi connectivity index (χ2n) is 4.32. The zero-order chi connectivity index (χ0) is 9.54. The summed E-state index contributed by atoms with van der Waals surface area (Å²) in [5.74, 6) is 0. The molecule has 0 heteroatoms. The smallest absolute Gasteiger partial charge is 0.00604 e. The van der Waals surface area contributed by atoms with Gasteiger partial charge in [-0.25, -0.2) is 0 Å². The minimum absolute atomic E-state index is 1.15. The molecule has 1 aromatic carbocycles. The second-order valence-corrected chi connectivity index (χ2v) is 4.32. The predicted octanol–water partition coefficient (Wildman–Crippen LogP) is 3.61. The van der Waals surface area contributed by atoms with Crippen molar-refractivity contribution in [2.45, 2.75) is 26.2 Å². The van der Waals surface area contributed by atoms with Crippen LogP contribution in [0.4, 0.5) is 0 Å². The summed E-state index contributed by atoms with van der Waals surface area (Å²) in [7, 11) is 0. The van der Waals surface area contributed by atoms with Gasteiger partial charge in [0.25, 0.3) is 0 Å². The summed E-state index contributed by atoms with van der Waals surface area (Å²) in [5.41, 5.74) is 7.49. The first kappa shape index (κ1) is 8.05. The van der Waals surface area contributed by atoms with E-state index in [2.05, 4.69) is 37.3 Å². The molecule has 0 N–H and O–H groups in total. The molecule has 3 rings (SSSR count). The van der Waals surface area contributed by atoms with E-state index in [0.717, 1.165) is 6.42 Å². The van der Waals surface area contributed by atoms with E-state index in [1.165, 1.54) is 40.7 Å². The number of aryl methyl sites for hydroxylation is 1. The van der Waals surface area contributed by atoms with Crippen molar-refractivity contribution in [1.82, 2.24) is 0 Å². The largest absolute Gasteiger partial charge is 0.0836 e. The van der Waals surface area contributed by atoms with Gasteiger partial charge < -0.3 is 0 Å². The van der Waals surface area contributed by atoms with Gasteiger partial charge in [0.05, 0.1) is 0 Å². The Bertz CT molecular complexity index is 447. The van der Waals surface area contributed by atoms with E-state index in [-0.39, 0.29) is 0 Å². The van der Waals surface area contributed by atoms with E-state index in [9.17, 15) is 0 Å². The van der Waals surface area contributed by atoms with Crippen LogP contribution in [-0.4, -0.2) is 0 Å². The van der Waals surface area contributed by atoms with Crippen molar-refractivity contribution >= 4 is 12.2 Å². The Balaban J connectivity index is 2.26. The number of rotatable bonds is 0. The highest BCUT2D eigenvalue weighted by molar-refractivity contribution is 5.75. The molecule has 0 bridgehead atoms. The first-order valence-electron chi connectivity index (χ1n) is 5.33. The number of allylic oxidation sites excluding steroid dienone is 2. The summed E-state index contributed by atoms with van der Waals surface area (Å²) >= 11 is 0. The van der Waals surface area contributed by atoms with Gasteiger partial charge in [-0.3, -0.25) is 0 Å². The van der Waals surface area contributed by atoms with Gasteiger partial charge in [0, 0.05) is 0 Å². The molecule has 0 atom stereocenters. The molecule has 0 fully saturated rings. The lowest BCUT2D eigenvalue weighted by molar-refractivity contribution is 0.981. The van der Waals surface area contributed by atoms with Gasteiger partial charge in [-0.15, -0.1) is 0 Å². The summed E-state index contributed by atoms with van der Waals surface area (Å²) in [6.45, 7) is 2.22. The summed E-state index contributed by atoms with van der Waals surface area (Å²) in [6.07, 6.45) is 10.5. The van der Waals surface area contributed by atoms with Crippen LogP contribution in [-0.2, 0) is 12.8 Å². The third kappa shape index (κ3) is 1.07. The fourth-order valence-electron chi connectivity index (χ4n) is 2.50. The highest BCUT2D eigenvalue weighted by atomic mass is 14.2. The zero-order valence-electron chi connectivity index (χ0n) is 8.51. The van der Waals surface area contributed by atoms with E-state index in [4.69, 9.17) is 0 Å². The number of hydrogen-bond acceptors (Lipinski definition) is 0. The Labute approximate surface area is 85.0 Å². The first-order chi connectivity index (χ1) is 6.84. The molecule has 0 heterocycles. The summed E-state index contributed by atoms with van der Waals surface area (Å²) < 4.78 is 0. The van der Waals surface area contributed by atoms with Crippen LogP contribution in [0.5, 0.6) is 0 Å². The fraction of sp³-hybridized carbons (Fsp3) is 0.286. The molecular formula is C14H14. The van der Waals surface area contributed by atoms with Crippen LogP contribution in [0.3, 0.4) is 0 Å². The summed E-state index contributed by atoms with van der Waals surface area (Å²) in [6, 6.07) is 4.62. The third-order valence-corrected chi connectivity index (χ3v) is 3.19. The average Bonchev–Trinajstić information content (AvgIpc) is 2.59. The second kappa shape index (κ2) is 2.84. The van der Waals surface area contributed by atoms with Crippen molar-refractivity contribution in [2.75, 3.05) is 0 Å². The molecular weight excluding hydrogens is 168 g/mol. The van der Waals surface area contributed by atoms with E-state index < -0.39 is 0 Å². The number of fused-ring (bicyclic) bond motifs is 3. The van der Waals surface area contributed by atoms with Crippen molar-refractivity contribution in [3.63, 3.8) is 0 Å². The van der Waals surface area contributed by atoms with Gasteiger partial charge in [-0.2, -0.15) is 0 Å². The van der Waals surface area contributed by atoms with Gasteiger partial charge in [0.1, 0.15) is 0 Å². The van der Waals surface area contributed by atoms with Gasteiger partial charge in [-0.05, 0) is 48.4 Å². The van der Waals surface area contributed by atoms with Crippen LogP contribution in [0, 0.1) is 0 Å². The normalized spacial score (nSPS) is 17.6. The molecule has 0 amide bonds. The maximum atomic E-state index is 2.35. The predicted molar refractivity (Wildman–Crippen MR) is 61.2 cm³/mol. The standard InChI is InChI=1S/C14H14/c1-10-8-12-7-6-11-4-2-3-5-13(11)14(12)9-10/h3,5-7,9H,2,4,8H2,1H3. The van der Waals surface area contributed by atoms with Crippen LogP contribution in [0.25, 0.3) is 12.2 Å². The third-order valence-electron chi connectivity index (χ3n) is 3.19. The van der Waals surface area contributed by atoms with Crippen molar-refractivity contribution in [3.05, 3.63) is 46.0 Å². The maximum Gasteiger partial charge on any atom is -0.00604 e. The Morgan fingerprint density at radius 1 is 1.07 bits per heavy atom. The molecule has 0 nitrogen and oxygen atoms in total. The lowest BCUT2D eigenvalue weighted by atomic mass is 9.91. The summed E-state index contributed by atoms with van der Waals surface area (Å²) in [4.78, 5) is 0. The number of benzene rings is 1. The zero-order valence-corrected chi connectivity index (χ0v) is 8.51. The van der Waals surface area contributed by atoms with Crippen LogP contribution >= 0.6 is 0 Å². The number of hydrogen-bond donors (Lipinski definition) is 0. The van der Waals surface area contributed by atoms with E-state index in [1.54, 1.807) is 0 Å². The molecule has 0 saturated carbocycles. The molecule has 14 heavy (non-hydrogen) atoms. The van der Waals surface area contributed by atoms with Gasteiger partial charge in [-0.1, -0.05) is 35.9 Å². The Morgan fingerprint density at radius 3 is 2.86 bits per heavy atom. The minimum atomic E-state index is 1.15. The van der Waals surface area contributed by atoms with Gasteiger partial charge in [0.2, 0.25) is 0 Å². The molecule has 1 aromatic rings. The van der Waals surface area contributed by atoms with Crippen LogP contribution in [0.2, 0.25) is 0 Å². The Kier molecular flexibility index (Phi) is 1.63. The molecule has 0 spiro atoms. The highest BCUT2D eigenvalue weighted by Gasteiger charge is 2.16. The van der Waals surface area contributed by atoms with Crippen LogP contribution in [0.1, 0.15) is 35.6 Å². The van der Waals surface area contributed by atoms with Crippen LogP contribution in [0.15, 0.2) is 23.8 Å². The topological polar surface area (TPSA) is 0 Å². The average molecular weight is 182 g/mol. The lowest BCUT2D eigenvalue weighted by Gasteiger charge is -2.13. The van der Waals surface area contributed by atoms with Crippen molar-refractivity contribution in [2.24, 2.45) is 0 Å². The molecule has 0 unspecified atom stereocenters. The van der Waals surface area contributed by atoms with E-state index in [1.807, 2.05) is 0 Å². The Morgan fingerprint density at radius 2 is 1.93 bits per heavy atom. The van der Waals surface area contributed by atoms with Crippen molar-refractivity contribution in [3.8, 4) is 0 Å². The fourth-order valence-corrected chi connectivity index (χ4v) is 2.50. The van der Waals surface area contributed by atoms with Crippen LogP contribution < -0.4 is 0 Å².